The lowest BCUT2D eigenvalue weighted by molar-refractivity contribution is 0.102. The van der Waals surface area contributed by atoms with Gasteiger partial charge in [-0.15, -0.1) is 11.3 Å². The van der Waals surface area contributed by atoms with Gasteiger partial charge in [0.05, 0.1) is 16.0 Å². The van der Waals surface area contributed by atoms with Crippen molar-refractivity contribution < 1.29 is 14.6 Å². The molecule has 0 aliphatic heterocycles. The molecule has 0 radical (unpaired) electrons. The van der Waals surface area contributed by atoms with Gasteiger partial charge in [-0.1, -0.05) is 0 Å². The van der Waals surface area contributed by atoms with E-state index in [1.54, 1.807) is 35.7 Å². The molecule has 0 saturated heterocycles. The average molecular weight is 342 g/mol. The third-order valence-electron chi connectivity index (χ3n) is 2.30. The zero-order valence-electron chi connectivity index (χ0n) is 9.93. The van der Waals surface area contributed by atoms with Gasteiger partial charge in [0, 0.05) is 11.1 Å². The molecule has 0 unspecified atom stereocenters. The van der Waals surface area contributed by atoms with Crippen LogP contribution in [-0.2, 0) is 0 Å². The van der Waals surface area contributed by atoms with Gasteiger partial charge in [0.25, 0.3) is 5.91 Å². The molecule has 4 nitrogen and oxygen atoms in total. The highest BCUT2D eigenvalue weighted by molar-refractivity contribution is 9.11. The second-order valence-electron chi connectivity index (χ2n) is 3.69. The van der Waals surface area contributed by atoms with Crippen molar-refractivity contribution in [3.05, 3.63) is 45.1 Å². The van der Waals surface area contributed by atoms with Crippen LogP contribution in [-0.4, -0.2) is 24.2 Å². The van der Waals surface area contributed by atoms with Gasteiger partial charge in [0.15, 0.2) is 0 Å². The summed E-state index contributed by atoms with van der Waals surface area (Å²) in [6.45, 7) is 0.236. The fraction of sp³-hybridized carbons (Fsp3) is 0.154. The molecule has 19 heavy (non-hydrogen) atoms. The van der Waals surface area contributed by atoms with Crippen LogP contribution in [0, 0.1) is 0 Å². The average Bonchev–Trinajstić information content (AvgIpc) is 2.85. The quantitative estimate of drug-likeness (QED) is 0.878. The SMILES string of the molecule is O=C(Nc1ccc(OCCO)cc1)c1csc(Br)c1. The topological polar surface area (TPSA) is 58.6 Å². The van der Waals surface area contributed by atoms with Gasteiger partial charge in [-0.25, -0.2) is 0 Å². The summed E-state index contributed by atoms with van der Waals surface area (Å²) in [6, 6.07) is 8.78. The number of halogens is 1. The lowest BCUT2D eigenvalue weighted by Gasteiger charge is -2.06. The van der Waals surface area contributed by atoms with Crippen molar-refractivity contribution in [1.29, 1.82) is 0 Å². The molecule has 0 bridgehead atoms. The zero-order valence-corrected chi connectivity index (χ0v) is 12.3. The Bertz CT molecular complexity index is 553. The zero-order chi connectivity index (χ0) is 13.7. The number of carbonyl (C=O) groups excluding carboxylic acids is 1. The highest BCUT2D eigenvalue weighted by Crippen LogP contribution is 2.22. The van der Waals surface area contributed by atoms with Crippen LogP contribution in [0.25, 0.3) is 0 Å². The summed E-state index contributed by atoms with van der Waals surface area (Å²) >= 11 is 4.79. The van der Waals surface area contributed by atoms with Gasteiger partial charge >= 0.3 is 0 Å². The second kappa shape index (κ2) is 6.70. The number of aliphatic hydroxyl groups is 1. The molecule has 100 valence electrons. The molecule has 2 rings (SSSR count). The summed E-state index contributed by atoms with van der Waals surface area (Å²) in [4.78, 5) is 11.9. The molecular formula is C13H12BrNO3S. The predicted octanol–water partition coefficient (Wildman–Crippen LogP) is 3.13. The molecule has 1 aromatic heterocycles. The maximum Gasteiger partial charge on any atom is 0.256 e. The van der Waals surface area contributed by atoms with Crippen molar-refractivity contribution in [1.82, 2.24) is 0 Å². The minimum absolute atomic E-state index is 0.0223. The number of aliphatic hydroxyl groups excluding tert-OH is 1. The van der Waals surface area contributed by atoms with Gasteiger partial charge in [-0.2, -0.15) is 0 Å². The van der Waals surface area contributed by atoms with E-state index in [0.717, 1.165) is 3.79 Å². The van der Waals surface area contributed by atoms with Crippen LogP contribution in [0.5, 0.6) is 5.75 Å². The van der Waals surface area contributed by atoms with Crippen LogP contribution in [0.4, 0.5) is 5.69 Å². The van der Waals surface area contributed by atoms with E-state index in [1.807, 2.05) is 0 Å². The Morgan fingerprint density at radius 1 is 1.37 bits per heavy atom. The number of rotatable bonds is 5. The molecule has 0 saturated carbocycles. The fourth-order valence-electron chi connectivity index (χ4n) is 1.43. The molecule has 0 spiro atoms. The molecule has 0 fully saturated rings. The van der Waals surface area contributed by atoms with Gasteiger partial charge in [0.2, 0.25) is 0 Å². The number of ether oxygens (including phenoxy) is 1. The molecule has 1 amide bonds. The smallest absolute Gasteiger partial charge is 0.256 e. The minimum Gasteiger partial charge on any atom is -0.491 e. The van der Waals surface area contributed by atoms with E-state index in [9.17, 15) is 4.79 Å². The number of thiophene rings is 1. The van der Waals surface area contributed by atoms with E-state index in [-0.39, 0.29) is 19.1 Å². The molecule has 2 N–H and O–H groups in total. The molecule has 1 aromatic carbocycles. The Kier molecular flexibility index (Phi) is 4.95. The first-order valence-electron chi connectivity index (χ1n) is 5.58. The minimum atomic E-state index is -0.147. The summed E-state index contributed by atoms with van der Waals surface area (Å²) in [6.07, 6.45) is 0. The second-order valence-corrected chi connectivity index (χ2v) is 5.98. The van der Waals surface area contributed by atoms with Crippen molar-refractivity contribution >= 4 is 38.9 Å². The Hall–Kier alpha value is -1.37. The largest absolute Gasteiger partial charge is 0.491 e. The third-order valence-corrected chi connectivity index (χ3v) is 3.81. The van der Waals surface area contributed by atoms with Crippen molar-refractivity contribution in [2.45, 2.75) is 0 Å². The summed E-state index contributed by atoms with van der Waals surface area (Å²) < 4.78 is 6.16. The summed E-state index contributed by atoms with van der Waals surface area (Å²) in [7, 11) is 0. The van der Waals surface area contributed by atoms with E-state index >= 15 is 0 Å². The van der Waals surface area contributed by atoms with Crippen molar-refractivity contribution in [3.63, 3.8) is 0 Å². The molecule has 1 heterocycles. The van der Waals surface area contributed by atoms with Gasteiger partial charge in [0.1, 0.15) is 12.4 Å². The van der Waals surface area contributed by atoms with Crippen molar-refractivity contribution in [2.24, 2.45) is 0 Å². The van der Waals surface area contributed by atoms with Crippen LogP contribution in [0.1, 0.15) is 10.4 Å². The number of benzene rings is 1. The van der Waals surface area contributed by atoms with Crippen LogP contribution in [0.2, 0.25) is 0 Å². The lowest BCUT2D eigenvalue weighted by atomic mass is 10.2. The first kappa shape index (κ1) is 14.0. The Morgan fingerprint density at radius 2 is 2.11 bits per heavy atom. The molecule has 0 aliphatic rings. The number of nitrogens with one attached hydrogen (secondary N) is 1. The number of hydrogen-bond donors (Lipinski definition) is 2. The number of hydrogen-bond acceptors (Lipinski definition) is 4. The maximum absolute atomic E-state index is 11.9. The van der Waals surface area contributed by atoms with Crippen LogP contribution >= 0.6 is 27.3 Å². The Balaban J connectivity index is 1.97. The molecule has 0 atom stereocenters. The highest BCUT2D eigenvalue weighted by atomic mass is 79.9. The van der Waals surface area contributed by atoms with E-state index in [4.69, 9.17) is 9.84 Å². The first-order valence-corrected chi connectivity index (χ1v) is 7.25. The fourth-order valence-corrected chi connectivity index (χ4v) is 2.57. The number of carbonyl (C=O) groups is 1. The monoisotopic (exact) mass is 341 g/mol. The predicted molar refractivity (Wildman–Crippen MR) is 79.0 cm³/mol. The molecule has 2 aromatic rings. The summed E-state index contributed by atoms with van der Waals surface area (Å²) in [5.41, 5.74) is 1.32. The molecular weight excluding hydrogens is 330 g/mol. The summed E-state index contributed by atoms with van der Waals surface area (Å²) in [5.74, 6) is 0.510. The van der Waals surface area contributed by atoms with Crippen molar-refractivity contribution in [3.8, 4) is 5.75 Å². The van der Waals surface area contributed by atoms with Gasteiger partial charge in [-0.3, -0.25) is 4.79 Å². The first-order chi connectivity index (χ1) is 9.19. The van der Waals surface area contributed by atoms with Crippen LogP contribution in [0.15, 0.2) is 39.5 Å². The summed E-state index contributed by atoms with van der Waals surface area (Å²) in [5, 5.41) is 13.2. The molecule has 6 heteroatoms. The van der Waals surface area contributed by atoms with E-state index in [2.05, 4.69) is 21.2 Å². The van der Waals surface area contributed by atoms with E-state index in [0.29, 0.717) is 17.0 Å². The van der Waals surface area contributed by atoms with Crippen molar-refractivity contribution in [2.75, 3.05) is 18.5 Å². The highest BCUT2D eigenvalue weighted by Gasteiger charge is 2.08. The number of amides is 1. The normalized spacial score (nSPS) is 10.2. The lowest BCUT2D eigenvalue weighted by Crippen LogP contribution is -2.10. The van der Waals surface area contributed by atoms with E-state index < -0.39 is 0 Å². The van der Waals surface area contributed by atoms with Crippen LogP contribution in [0.3, 0.4) is 0 Å². The van der Waals surface area contributed by atoms with Gasteiger partial charge < -0.3 is 15.2 Å². The Labute approximate surface area is 123 Å². The van der Waals surface area contributed by atoms with E-state index in [1.165, 1.54) is 11.3 Å². The maximum atomic E-state index is 11.9. The third kappa shape index (κ3) is 4.05. The number of anilines is 1. The van der Waals surface area contributed by atoms with Crippen LogP contribution < -0.4 is 10.1 Å². The Morgan fingerprint density at radius 3 is 2.68 bits per heavy atom. The molecule has 0 aliphatic carbocycles. The van der Waals surface area contributed by atoms with Gasteiger partial charge in [-0.05, 0) is 46.3 Å². The standard InChI is InChI=1S/C13H12BrNO3S/c14-12-7-9(8-19-12)13(17)15-10-1-3-11(4-2-10)18-6-5-16/h1-4,7-8,16H,5-6H2,(H,15,17).